The first-order valence-electron chi connectivity index (χ1n) is 8.60. The Morgan fingerprint density at radius 1 is 1.42 bits per heavy atom. The van der Waals surface area contributed by atoms with Crippen LogP contribution in [0.4, 0.5) is 0 Å². The van der Waals surface area contributed by atoms with Crippen molar-refractivity contribution >= 4 is 0 Å². The fourth-order valence-electron chi connectivity index (χ4n) is 3.96. The van der Waals surface area contributed by atoms with E-state index in [1.54, 1.807) is 12.3 Å². The van der Waals surface area contributed by atoms with Crippen LogP contribution in [-0.2, 0) is 11.3 Å². The number of furan rings is 1. The standard InChI is InChI=1S/C17H23N3O4/c1-2-22-14-10-13(21)17(14)5-7-20(8-6-17)11-15-18-16(19-24-15)12-4-3-9-23-12/h3-4,9,13-14,21H,2,5-8,10-11H2,1H3. The second-order valence-corrected chi connectivity index (χ2v) is 6.69. The first-order valence-corrected chi connectivity index (χ1v) is 8.60. The third-order valence-electron chi connectivity index (χ3n) is 5.47. The van der Waals surface area contributed by atoms with Crippen LogP contribution >= 0.6 is 0 Å². The lowest BCUT2D eigenvalue weighted by molar-refractivity contribution is -0.210. The van der Waals surface area contributed by atoms with Crippen molar-refractivity contribution in [3.63, 3.8) is 0 Å². The van der Waals surface area contributed by atoms with E-state index in [-0.39, 0.29) is 17.6 Å². The van der Waals surface area contributed by atoms with Gasteiger partial charge in [0.1, 0.15) is 0 Å². The van der Waals surface area contributed by atoms with Gasteiger partial charge in [0.25, 0.3) is 0 Å². The molecule has 4 rings (SSSR count). The number of rotatable bonds is 5. The van der Waals surface area contributed by atoms with Crippen LogP contribution in [0.2, 0.25) is 0 Å². The Bertz CT molecular complexity index is 659. The van der Waals surface area contributed by atoms with Crippen LogP contribution < -0.4 is 0 Å². The van der Waals surface area contributed by atoms with E-state index in [2.05, 4.69) is 15.0 Å². The molecule has 0 bridgehead atoms. The first kappa shape index (κ1) is 15.8. The van der Waals surface area contributed by atoms with Crippen LogP contribution in [0.1, 0.15) is 32.1 Å². The number of piperidine rings is 1. The summed E-state index contributed by atoms with van der Waals surface area (Å²) in [5.41, 5.74) is -0.0549. The third kappa shape index (κ3) is 2.66. The van der Waals surface area contributed by atoms with Crippen molar-refractivity contribution < 1.29 is 18.8 Å². The van der Waals surface area contributed by atoms with E-state index in [1.807, 2.05) is 13.0 Å². The third-order valence-corrected chi connectivity index (χ3v) is 5.47. The summed E-state index contributed by atoms with van der Waals surface area (Å²) in [5.74, 6) is 1.68. The largest absolute Gasteiger partial charge is 0.461 e. The molecule has 24 heavy (non-hydrogen) atoms. The number of aliphatic hydroxyl groups is 1. The quantitative estimate of drug-likeness (QED) is 0.896. The van der Waals surface area contributed by atoms with Crippen molar-refractivity contribution in [3.8, 4) is 11.6 Å². The Hall–Kier alpha value is -1.70. The summed E-state index contributed by atoms with van der Waals surface area (Å²) in [4.78, 5) is 6.68. The van der Waals surface area contributed by atoms with Gasteiger partial charge in [0.2, 0.25) is 11.7 Å². The Morgan fingerprint density at radius 3 is 2.92 bits per heavy atom. The van der Waals surface area contributed by atoms with Crippen LogP contribution in [-0.4, -0.2) is 52.1 Å². The molecule has 3 heterocycles. The number of aliphatic hydroxyl groups excluding tert-OH is 1. The van der Waals surface area contributed by atoms with Crippen molar-refractivity contribution in [2.45, 2.75) is 44.9 Å². The predicted octanol–water partition coefficient (Wildman–Crippen LogP) is 2.08. The Kier molecular flexibility index (Phi) is 4.15. The predicted molar refractivity (Wildman–Crippen MR) is 85.0 cm³/mol. The minimum Gasteiger partial charge on any atom is -0.461 e. The van der Waals surface area contributed by atoms with E-state index in [4.69, 9.17) is 13.7 Å². The summed E-state index contributed by atoms with van der Waals surface area (Å²) in [6.45, 7) is 5.15. The summed E-state index contributed by atoms with van der Waals surface area (Å²) >= 11 is 0. The van der Waals surface area contributed by atoms with Crippen molar-refractivity contribution in [1.29, 1.82) is 0 Å². The van der Waals surface area contributed by atoms with Crippen LogP contribution in [0.5, 0.6) is 0 Å². The molecule has 2 aromatic heterocycles. The molecule has 1 aliphatic carbocycles. The van der Waals surface area contributed by atoms with Crippen molar-refractivity contribution in [2.75, 3.05) is 19.7 Å². The Balaban J connectivity index is 1.35. The van der Waals surface area contributed by atoms with Crippen molar-refractivity contribution in [1.82, 2.24) is 15.0 Å². The molecule has 1 N–H and O–H groups in total. The lowest BCUT2D eigenvalue weighted by Gasteiger charge is -2.56. The zero-order valence-corrected chi connectivity index (χ0v) is 13.9. The van der Waals surface area contributed by atoms with Gasteiger partial charge in [-0.3, -0.25) is 4.90 Å². The molecular weight excluding hydrogens is 310 g/mol. The molecule has 2 fully saturated rings. The van der Waals surface area contributed by atoms with E-state index in [9.17, 15) is 5.11 Å². The van der Waals surface area contributed by atoms with Gasteiger partial charge < -0.3 is 18.8 Å². The topological polar surface area (TPSA) is 84.8 Å². The molecule has 130 valence electrons. The summed E-state index contributed by atoms with van der Waals surface area (Å²) in [6.07, 6.45) is 4.22. The molecule has 1 saturated carbocycles. The molecule has 7 nitrogen and oxygen atoms in total. The van der Waals surface area contributed by atoms with Crippen LogP contribution in [0.25, 0.3) is 11.6 Å². The zero-order chi connectivity index (χ0) is 16.6. The van der Waals surface area contributed by atoms with Crippen molar-refractivity contribution in [2.24, 2.45) is 5.41 Å². The molecule has 1 spiro atoms. The highest BCUT2D eigenvalue weighted by molar-refractivity contribution is 5.44. The number of aromatic nitrogens is 2. The maximum absolute atomic E-state index is 10.3. The molecule has 2 aliphatic rings. The number of hydrogen-bond donors (Lipinski definition) is 1. The second kappa shape index (κ2) is 6.31. The van der Waals surface area contributed by atoms with E-state index >= 15 is 0 Å². The van der Waals surface area contributed by atoms with Gasteiger partial charge in [-0.25, -0.2) is 0 Å². The van der Waals surface area contributed by atoms with E-state index < -0.39 is 0 Å². The van der Waals surface area contributed by atoms with Gasteiger partial charge in [-0.1, -0.05) is 5.16 Å². The molecule has 0 amide bonds. The fraction of sp³-hybridized carbons (Fsp3) is 0.647. The highest BCUT2D eigenvalue weighted by atomic mass is 16.5. The molecular formula is C17H23N3O4. The van der Waals surface area contributed by atoms with Crippen LogP contribution in [0.3, 0.4) is 0 Å². The van der Waals surface area contributed by atoms with E-state index in [0.717, 1.165) is 32.4 Å². The molecule has 2 aromatic rings. The van der Waals surface area contributed by atoms with Gasteiger partial charge in [-0.05, 0) is 45.0 Å². The number of likely N-dealkylation sites (tertiary alicyclic amines) is 1. The van der Waals surface area contributed by atoms with Crippen LogP contribution in [0, 0.1) is 5.41 Å². The molecule has 7 heteroatoms. The van der Waals surface area contributed by atoms with Gasteiger partial charge in [0, 0.05) is 18.4 Å². The number of ether oxygens (including phenoxy) is 1. The molecule has 1 aliphatic heterocycles. The molecule has 1 saturated heterocycles. The molecule has 2 atom stereocenters. The number of hydrogen-bond acceptors (Lipinski definition) is 7. The zero-order valence-electron chi connectivity index (χ0n) is 13.9. The summed E-state index contributed by atoms with van der Waals surface area (Å²) < 4.78 is 16.4. The van der Waals surface area contributed by atoms with Gasteiger partial charge in [0.05, 0.1) is 25.0 Å². The second-order valence-electron chi connectivity index (χ2n) is 6.69. The van der Waals surface area contributed by atoms with Gasteiger partial charge >= 0.3 is 0 Å². The highest BCUT2D eigenvalue weighted by Crippen LogP contribution is 2.51. The van der Waals surface area contributed by atoms with Gasteiger partial charge in [-0.15, -0.1) is 0 Å². The fourth-order valence-corrected chi connectivity index (χ4v) is 3.96. The molecule has 0 radical (unpaired) electrons. The smallest absolute Gasteiger partial charge is 0.241 e. The Labute approximate surface area is 140 Å². The normalized spacial score (nSPS) is 26.6. The SMILES string of the molecule is CCOC1CC(O)C12CCN(Cc1nc(-c3ccco3)no1)CC2. The highest BCUT2D eigenvalue weighted by Gasteiger charge is 2.55. The first-order chi connectivity index (χ1) is 11.7. The average molecular weight is 333 g/mol. The average Bonchev–Trinajstić information content (AvgIpc) is 3.27. The summed E-state index contributed by atoms with van der Waals surface area (Å²) in [7, 11) is 0. The van der Waals surface area contributed by atoms with E-state index in [0.29, 0.717) is 30.6 Å². The van der Waals surface area contributed by atoms with Crippen molar-refractivity contribution in [3.05, 3.63) is 24.3 Å². The minimum absolute atomic E-state index is 0.0549. The van der Waals surface area contributed by atoms with Gasteiger partial charge in [-0.2, -0.15) is 4.98 Å². The summed E-state index contributed by atoms with van der Waals surface area (Å²) in [5, 5.41) is 14.2. The monoisotopic (exact) mass is 333 g/mol. The van der Waals surface area contributed by atoms with Crippen LogP contribution in [0.15, 0.2) is 27.3 Å². The lowest BCUT2D eigenvalue weighted by atomic mass is 9.58. The van der Waals surface area contributed by atoms with E-state index in [1.165, 1.54) is 0 Å². The lowest BCUT2D eigenvalue weighted by Crippen LogP contribution is -2.62. The maximum atomic E-state index is 10.3. The van der Waals surface area contributed by atoms with Gasteiger partial charge in [0.15, 0.2) is 5.76 Å². The summed E-state index contributed by atoms with van der Waals surface area (Å²) in [6, 6.07) is 3.61. The maximum Gasteiger partial charge on any atom is 0.241 e. The molecule has 0 aromatic carbocycles. The minimum atomic E-state index is -0.231. The number of nitrogens with zero attached hydrogens (tertiary/aromatic N) is 3. The Morgan fingerprint density at radius 2 is 2.25 bits per heavy atom. The molecule has 2 unspecified atom stereocenters.